The second kappa shape index (κ2) is 8.91. The number of carbonyl (C=O) groups is 2. The van der Waals surface area contributed by atoms with Crippen molar-refractivity contribution in [3.63, 3.8) is 0 Å². The van der Waals surface area contributed by atoms with E-state index >= 15 is 0 Å². The summed E-state index contributed by atoms with van der Waals surface area (Å²) in [6.45, 7) is 0.0815. The first kappa shape index (κ1) is 15.8. The zero-order chi connectivity index (χ0) is 12.6. The molecule has 0 aromatic rings. The van der Waals surface area contributed by atoms with Crippen molar-refractivity contribution in [1.82, 2.24) is 0 Å². The molecule has 0 amide bonds. The fourth-order valence-electron chi connectivity index (χ4n) is 0.707. The lowest BCUT2D eigenvalue weighted by Crippen LogP contribution is -2.42. The van der Waals surface area contributed by atoms with Gasteiger partial charge in [0.1, 0.15) is 13.2 Å². The molecule has 0 bridgehead atoms. The van der Waals surface area contributed by atoms with Crippen LogP contribution >= 0.6 is 31.9 Å². The van der Waals surface area contributed by atoms with Gasteiger partial charge in [-0.15, -0.1) is 0 Å². The van der Waals surface area contributed by atoms with Crippen molar-refractivity contribution in [1.29, 1.82) is 0 Å². The molecule has 0 radical (unpaired) electrons. The van der Waals surface area contributed by atoms with Crippen molar-refractivity contribution >= 4 is 43.8 Å². The Kier molecular flexibility index (Phi) is 8.81. The molecule has 0 aromatic heterocycles. The maximum absolute atomic E-state index is 11.1. The SMILES string of the molecule is O=C(OCCBr)[C@@H](O)[C@H](O)C(=O)OCCBr. The van der Waals surface area contributed by atoms with Crippen LogP contribution in [0.4, 0.5) is 0 Å². The number of rotatable bonds is 7. The summed E-state index contributed by atoms with van der Waals surface area (Å²) in [5.41, 5.74) is 0. The fourth-order valence-corrected chi connectivity index (χ4v) is 1.03. The second-order valence-corrected chi connectivity index (χ2v) is 4.19. The standard InChI is InChI=1S/C8H12Br2O6/c9-1-3-15-7(13)5(11)6(12)8(14)16-4-2-10/h5-6,11-12H,1-4H2/t5-,6-/m0/s1. The Bertz CT molecular complexity index is 211. The maximum atomic E-state index is 11.1. The molecule has 2 N–H and O–H groups in total. The van der Waals surface area contributed by atoms with Crippen LogP contribution in [0.15, 0.2) is 0 Å². The molecule has 0 unspecified atom stereocenters. The van der Waals surface area contributed by atoms with Crippen LogP contribution in [0.5, 0.6) is 0 Å². The lowest BCUT2D eigenvalue weighted by atomic mass is 10.2. The van der Waals surface area contributed by atoms with Gasteiger partial charge in [0, 0.05) is 10.7 Å². The van der Waals surface area contributed by atoms with Crippen molar-refractivity contribution < 1.29 is 29.3 Å². The summed E-state index contributed by atoms with van der Waals surface area (Å²) in [7, 11) is 0. The maximum Gasteiger partial charge on any atom is 0.338 e. The average molecular weight is 364 g/mol. The van der Waals surface area contributed by atoms with E-state index in [2.05, 4.69) is 41.3 Å². The molecule has 0 spiro atoms. The predicted octanol–water partition coefficient (Wildman–Crippen LogP) is -0.416. The van der Waals surface area contributed by atoms with Gasteiger partial charge in [-0.1, -0.05) is 31.9 Å². The predicted molar refractivity (Wildman–Crippen MR) is 61.5 cm³/mol. The van der Waals surface area contributed by atoms with Gasteiger partial charge in [-0.2, -0.15) is 0 Å². The van der Waals surface area contributed by atoms with E-state index in [-0.39, 0.29) is 13.2 Å². The van der Waals surface area contributed by atoms with Gasteiger partial charge in [-0.05, 0) is 0 Å². The first-order valence-electron chi connectivity index (χ1n) is 4.36. The monoisotopic (exact) mass is 362 g/mol. The average Bonchev–Trinajstić information content (AvgIpc) is 2.30. The van der Waals surface area contributed by atoms with Gasteiger partial charge < -0.3 is 19.7 Å². The molecule has 0 fully saturated rings. The Balaban J connectivity index is 4.09. The molecular formula is C8H12Br2O6. The molecular weight excluding hydrogens is 352 g/mol. The van der Waals surface area contributed by atoms with Crippen LogP contribution < -0.4 is 0 Å². The second-order valence-electron chi connectivity index (χ2n) is 2.60. The van der Waals surface area contributed by atoms with Gasteiger partial charge in [0.15, 0.2) is 12.2 Å². The normalized spacial score (nSPS) is 14.0. The van der Waals surface area contributed by atoms with Crippen LogP contribution in [-0.2, 0) is 19.1 Å². The molecule has 94 valence electrons. The van der Waals surface area contributed by atoms with E-state index in [1.807, 2.05) is 0 Å². The summed E-state index contributed by atoms with van der Waals surface area (Å²) < 4.78 is 9.03. The number of hydrogen-bond donors (Lipinski definition) is 2. The Morgan fingerprint density at radius 3 is 1.50 bits per heavy atom. The van der Waals surface area contributed by atoms with Crippen molar-refractivity contribution in [2.45, 2.75) is 12.2 Å². The molecule has 0 aliphatic carbocycles. The minimum absolute atomic E-state index is 0.0407. The van der Waals surface area contributed by atoms with Crippen LogP contribution in [0.2, 0.25) is 0 Å². The molecule has 8 heteroatoms. The Morgan fingerprint density at radius 2 is 1.25 bits per heavy atom. The molecule has 0 aliphatic rings. The largest absolute Gasteiger partial charge is 0.463 e. The highest BCUT2D eigenvalue weighted by Crippen LogP contribution is 2.00. The third kappa shape index (κ3) is 5.78. The Hall–Kier alpha value is -0.180. The van der Waals surface area contributed by atoms with Crippen molar-refractivity contribution in [3.8, 4) is 0 Å². The summed E-state index contributed by atoms with van der Waals surface area (Å²) in [6, 6.07) is 0. The third-order valence-corrected chi connectivity index (χ3v) is 2.07. The van der Waals surface area contributed by atoms with Gasteiger partial charge in [0.05, 0.1) is 0 Å². The molecule has 0 aliphatic heterocycles. The molecule has 0 saturated carbocycles. The van der Waals surface area contributed by atoms with E-state index < -0.39 is 24.1 Å². The van der Waals surface area contributed by atoms with E-state index in [0.717, 1.165) is 0 Å². The topological polar surface area (TPSA) is 93.1 Å². The summed E-state index contributed by atoms with van der Waals surface area (Å²) in [5.74, 6) is -2.13. The van der Waals surface area contributed by atoms with Gasteiger partial charge in [0.2, 0.25) is 0 Å². The lowest BCUT2D eigenvalue weighted by molar-refractivity contribution is -0.172. The number of esters is 2. The molecule has 0 saturated heterocycles. The number of alkyl halides is 2. The third-order valence-electron chi connectivity index (χ3n) is 1.43. The smallest absolute Gasteiger partial charge is 0.338 e. The molecule has 6 nitrogen and oxygen atoms in total. The lowest BCUT2D eigenvalue weighted by Gasteiger charge is -2.15. The van der Waals surface area contributed by atoms with E-state index in [1.54, 1.807) is 0 Å². The highest BCUT2D eigenvalue weighted by atomic mass is 79.9. The summed E-state index contributed by atoms with van der Waals surface area (Å²) in [5, 5.41) is 19.3. The van der Waals surface area contributed by atoms with Gasteiger partial charge in [0.25, 0.3) is 0 Å². The van der Waals surface area contributed by atoms with Crippen molar-refractivity contribution in [2.24, 2.45) is 0 Å². The summed E-state index contributed by atoms with van der Waals surface area (Å²) >= 11 is 6.02. The van der Waals surface area contributed by atoms with Gasteiger partial charge in [-0.3, -0.25) is 0 Å². The number of aliphatic hydroxyl groups is 2. The number of hydrogen-bond acceptors (Lipinski definition) is 6. The van der Waals surface area contributed by atoms with Gasteiger partial charge >= 0.3 is 11.9 Å². The number of aliphatic hydroxyl groups excluding tert-OH is 2. The number of halogens is 2. The Morgan fingerprint density at radius 1 is 0.938 bits per heavy atom. The Labute approximate surface area is 109 Å². The summed E-state index contributed by atoms with van der Waals surface area (Å²) in [4.78, 5) is 22.1. The molecule has 0 aromatic carbocycles. The molecule has 0 rings (SSSR count). The highest BCUT2D eigenvalue weighted by molar-refractivity contribution is 9.09. The first-order chi connectivity index (χ1) is 7.54. The highest BCUT2D eigenvalue weighted by Gasteiger charge is 2.32. The van der Waals surface area contributed by atoms with E-state index in [1.165, 1.54) is 0 Å². The van der Waals surface area contributed by atoms with Gasteiger partial charge in [-0.25, -0.2) is 9.59 Å². The quantitative estimate of drug-likeness (QED) is 0.471. The van der Waals surface area contributed by atoms with E-state index in [4.69, 9.17) is 0 Å². The molecule has 2 atom stereocenters. The zero-order valence-corrected chi connectivity index (χ0v) is 11.4. The van der Waals surface area contributed by atoms with Crippen LogP contribution in [0.3, 0.4) is 0 Å². The fraction of sp³-hybridized carbons (Fsp3) is 0.750. The molecule has 0 heterocycles. The first-order valence-corrected chi connectivity index (χ1v) is 6.60. The number of ether oxygens (including phenoxy) is 2. The van der Waals surface area contributed by atoms with Crippen molar-refractivity contribution in [2.75, 3.05) is 23.9 Å². The molecule has 16 heavy (non-hydrogen) atoms. The van der Waals surface area contributed by atoms with Crippen LogP contribution in [-0.4, -0.2) is 58.2 Å². The van der Waals surface area contributed by atoms with Crippen molar-refractivity contribution in [3.05, 3.63) is 0 Å². The van der Waals surface area contributed by atoms with Crippen LogP contribution in [0.1, 0.15) is 0 Å². The van der Waals surface area contributed by atoms with E-state index in [9.17, 15) is 19.8 Å². The minimum atomic E-state index is -1.93. The van der Waals surface area contributed by atoms with E-state index in [0.29, 0.717) is 10.7 Å². The number of carbonyl (C=O) groups excluding carboxylic acids is 2. The minimum Gasteiger partial charge on any atom is -0.463 e. The van der Waals surface area contributed by atoms with Crippen LogP contribution in [0, 0.1) is 0 Å². The van der Waals surface area contributed by atoms with Crippen LogP contribution in [0.25, 0.3) is 0 Å². The zero-order valence-electron chi connectivity index (χ0n) is 8.27. The summed E-state index contributed by atoms with van der Waals surface area (Å²) in [6.07, 6.45) is -3.86.